The molecule has 1 aromatic carbocycles. The lowest BCUT2D eigenvalue weighted by molar-refractivity contribution is 0.0383. The van der Waals surface area contributed by atoms with Crippen molar-refractivity contribution in [3.05, 3.63) is 36.0 Å². The summed E-state index contributed by atoms with van der Waals surface area (Å²) < 4.78 is 12.6. The van der Waals surface area contributed by atoms with E-state index < -0.39 is 0 Å². The van der Waals surface area contributed by atoms with Gasteiger partial charge in [0.1, 0.15) is 0 Å². The van der Waals surface area contributed by atoms with Gasteiger partial charge in [0.2, 0.25) is 0 Å². The maximum atomic E-state index is 12.5. The summed E-state index contributed by atoms with van der Waals surface area (Å²) in [5.74, 6) is -0.0154. The highest BCUT2D eigenvalue weighted by Crippen LogP contribution is 2.20. The maximum absolute atomic E-state index is 12.5. The lowest BCUT2D eigenvalue weighted by Gasteiger charge is -2.26. The van der Waals surface area contributed by atoms with Gasteiger partial charge in [-0.05, 0) is 18.2 Å². The monoisotopic (exact) mass is 331 g/mol. The van der Waals surface area contributed by atoms with Crippen molar-refractivity contribution in [1.29, 1.82) is 0 Å². The zero-order valence-corrected chi connectivity index (χ0v) is 14.2. The van der Waals surface area contributed by atoms with Gasteiger partial charge >= 0.3 is 0 Å². The number of carbonyl (C=O) groups excluding carboxylic acids is 1. The molecule has 2 aromatic rings. The van der Waals surface area contributed by atoms with Gasteiger partial charge < -0.3 is 19.4 Å². The number of hydrogen-bond donors (Lipinski definition) is 1. The molecule has 0 spiro atoms. The number of carbonyl (C=O) groups is 1. The molecule has 1 amide bonds. The molecule has 1 aromatic heterocycles. The van der Waals surface area contributed by atoms with E-state index in [9.17, 15) is 4.79 Å². The molecule has 24 heavy (non-hydrogen) atoms. The number of nitrogens with zero attached hydrogens (tertiary/aromatic N) is 2. The van der Waals surface area contributed by atoms with E-state index in [1.807, 2.05) is 30.5 Å². The summed E-state index contributed by atoms with van der Waals surface area (Å²) in [6.45, 7) is 6.38. The van der Waals surface area contributed by atoms with Gasteiger partial charge in [0.15, 0.2) is 0 Å². The number of hydrogen-bond acceptors (Lipinski definition) is 4. The summed E-state index contributed by atoms with van der Waals surface area (Å²) in [7, 11) is 1.69. The fourth-order valence-corrected chi connectivity index (χ4v) is 3.05. The van der Waals surface area contributed by atoms with E-state index in [1.165, 1.54) is 0 Å². The Kier molecular flexibility index (Phi) is 5.85. The first-order valence-electron chi connectivity index (χ1n) is 8.44. The highest BCUT2D eigenvalue weighted by molar-refractivity contribution is 6.06. The molecule has 130 valence electrons. The SMILES string of the molecule is COCCn1ccc2c(C(=O)NCCN3CCOCC3)cccc21. The third kappa shape index (κ3) is 3.95. The Labute approximate surface area is 142 Å². The zero-order chi connectivity index (χ0) is 16.8. The second-order valence-electron chi connectivity index (χ2n) is 5.95. The summed E-state index contributed by atoms with van der Waals surface area (Å²) in [5.41, 5.74) is 1.79. The summed E-state index contributed by atoms with van der Waals surface area (Å²) in [4.78, 5) is 14.8. The molecule has 1 saturated heterocycles. The van der Waals surface area contributed by atoms with E-state index in [2.05, 4.69) is 14.8 Å². The Balaban J connectivity index is 1.62. The molecule has 2 heterocycles. The van der Waals surface area contributed by atoms with Crippen LogP contribution in [-0.4, -0.2) is 68.5 Å². The van der Waals surface area contributed by atoms with Gasteiger partial charge in [-0.3, -0.25) is 9.69 Å². The fraction of sp³-hybridized carbons (Fsp3) is 0.500. The van der Waals surface area contributed by atoms with Crippen molar-refractivity contribution >= 4 is 16.8 Å². The van der Waals surface area contributed by atoms with Crippen molar-refractivity contribution < 1.29 is 14.3 Å². The van der Waals surface area contributed by atoms with Crippen molar-refractivity contribution in [3.8, 4) is 0 Å². The minimum atomic E-state index is -0.0154. The molecule has 6 nitrogen and oxygen atoms in total. The second-order valence-corrected chi connectivity index (χ2v) is 5.95. The zero-order valence-electron chi connectivity index (χ0n) is 14.2. The molecule has 3 rings (SSSR count). The smallest absolute Gasteiger partial charge is 0.252 e. The van der Waals surface area contributed by atoms with Crippen molar-refractivity contribution in [2.45, 2.75) is 6.54 Å². The molecule has 0 aliphatic carbocycles. The van der Waals surface area contributed by atoms with Crippen LogP contribution in [0.4, 0.5) is 0 Å². The van der Waals surface area contributed by atoms with Crippen LogP contribution < -0.4 is 5.32 Å². The van der Waals surface area contributed by atoms with Gasteiger partial charge in [-0.1, -0.05) is 6.07 Å². The van der Waals surface area contributed by atoms with E-state index in [-0.39, 0.29) is 5.91 Å². The Morgan fingerprint density at radius 3 is 2.88 bits per heavy atom. The summed E-state index contributed by atoms with van der Waals surface area (Å²) in [6.07, 6.45) is 2.01. The van der Waals surface area contributed by atoms with Gasteiger partial charge in [0.05, 0.1) is 19.8 Å². The molecule has 6 heteroatoms. The Bertz CT molecular complexity index is 677. The molecular formula is C18H25N3O3. The van der Waals surface area contributed by atoms with Gasteiger partial charge in [-0.25, -0.2) is 0 Å². The third-order valence-corrected chi connectivity index (χ3v) is 4.41. The topological polar surface area (TPSA) is 55.7 Å². The van der Waals surface area contributed by atoms with Gasteiger partial charge in [-0.2, -0.15) is 0 Å². The van der Waals surface area contributed by atoms with Crippen molar-refractivity contribution in [3.63, 3.8) is 0 Å². The van der Waals surface area contributed by atoms with Crippen molar-refractivity contribution in [2.75, 3.05) is 53.1 Å². The van der Waals surface area contributed by atoms with Crippen LogP contribution in [-0.2, 0) is 16.0 Å². The molecule has 1 aliphatic rings. The van der Waals surface area contributed by atoms with Crippen LogP contribution in [0.15, 0.2) is 30.5 Å². The van der Waals surface area contributed by atoms with Crippen LogP contribution in [0.25, 0.3) is 10.9 Å². The van der Waals surface area contributed by atoms with Crippen LogP contribution in [0, 0.1) is 0 Å². The normalized spacial score (nSPS) is 15.7. The number of ether oxygens (including phenoxy) is 2. The minimum Gasteiger partial charge on any atom is -0.383 e. The largest absolute Gasteiger partial charge is 0.383 e. The predicted octanol–water partition coefficient (Wildman–Crippen LogP) is 1.35. The van der Waals surface area contributed by atoms with E-state index >= 15 is 0 Å². The molecule has 1 fully saturated rings. The van der Waals surface area contributed by atoms with Crippen LogP contribution in [0.5, 0.6) is 0 Å². The number of rotatable bonds is 7. The number of morpholine rings is 1. The van der Waals surface area contributed by atoms with Gasteiger partial charge in [0, 0.05) is 62.5 Å². The first-order chi connectivity index (χ1) is 11.8. The second kappa shape index (κ2) is 8.28. The molecule has 0 saturated carbocycles. The first-order valence-corrected chi connectivity index (χ1v) is 8.44. The fourth-order valence-electron chi connectivity index (χ4n) is 3.05. The third-order valence-electron chi connectivity index (χ3n) is 4.41. The van der Waals surface area contributed by atoms with Crippen molar-refractivity contribution in [2.24, 2.45) is 0 Å². The molecule has 0 atom stereocenters. The Morgan fingerprint density at radius 1 is 1.25 bits per heavy atom. The maximum Gasteiger partial charge on any atom is 0.252 e. The Morgan fingerprint density at radius 2 is 2.08 bits per heavy atom. The van der Waals surface area contributed by atoms with Gasteiger partial charge in [0.25, 0.3) is 5.91 Å². The van der Waals surface area contributed by atoms with Gasteiger partial charge in [-0.15, -0.1) is 0 Å². The van der Waals surface area contributed by atoms with Crippen LogP contribution >= 0.6 is 0 Å². The number of nitrogens with one attached hydrogen (secondary N) is 1. The predicted molar refractivity (Wildman–Crippen MR) is 93.4 cm³/mol. The van der Waals surface area contributed by atoms with Crippen LogP contribution in [0.1, 0.15) is 10.4 Å². The number of methoxy groups -OCH3 is 1. The molecule has 1 N–H and O–H groups in total. The quantitative estimate of drug-likeness (QED) is 0.832. The lowest BCUT2D eigenvalue weighted by atomic mass is 10.1. The molecule has 0 unspecified atom stereocenters. The van der Waals surface area contributed by atoms with E-state index in [0.717, 1.165) is 55.9 Å². The summed E-state index contributed by atoms with van der Waals surface area (Å²) >= 11 is 0. The minimum absolute atomic E-state index is 0.0154. The summed E-state index contributed by atoms with van der Waals surface area (Å²) in [5, 5.41) is 4.02. The number of benzene rings is 1. The van der Waals surface area contributed by atoms with Crippen LogP contribution in [0.2, 0.25) is 0 Å². The van der Waals surface area contributed by atoms with E-state index in [0.29, 0.717) is 13.2 Å². The molecule has 0 radical (unpaired) electrons. The highest BCUT2D eigenvalue weighted by atomic mass is 16.5. The molecule has 1 aliphatic heterocycles. The summed E-state index contributed by atoms with van der Waals surface area (Å²) in [6, 6.07) is 7.85. The first kappa shape index (κ1) is 17.0. The lowest BCUT2D eigenvalue weighted by Crippen LogP contribution is -2.41. The molecular weight excluding hydrogens is 306 g/mol. The van der Waals surface area contributed by atoms with Crippen LogP contribution in [0.3, 0.4) is 0 Å². The van der Waals surface area contributed by atoms with E-state index in [1.54, 1.807) is 7.11 Å². The number of aromatic nitrogens is 1. The average molecular weight is 331 g/mol. The standard InChI is InChI=1S/C18H25N3O3/c1-23-12-11-21-7-5-15-16(3-2-4-17(15)21)18(22)19-6-8-20-9-13-24-14-10-20/h2-5,7H,6,8-14H2,1H3,(H,19,22). The highest BCUT2D eigenvalue weighted by Gasteiger charge is 2.13. The number of fused-ring (bicyclic) bond motifs is 1. The van der Waals surface area contributed by atoms with E-state index in [4.69, 9.17) is 9.47 Å². The molecule has 0 bridgehead atoms. The average Bonchev–Trinajstić information content (AvgIpc) is 3.04. The van der Waals surface area contributed by atoms with Crippen molar-refractivity contribution in [1.82, 2.24) is 14.8 Å². The Hall–Kier alpha value is -1.89. The number of amides is 1.